The van der Waals surface area contributed by atoms with Gasteiger partial charge in [-0.05, 0) is 13.3 Å². The van der Waals surface area contributed by atoms with Crippen LogP contribution in [-0.2, 0) is 183 Å². The van der Waals surface area contributed by atoms with E-state index in [4.69, 9.17) is 114 Å². The van der Waals surface area contributed by atoms with Gasteiger partial charge in [-0.1, -0.05) is 6.92 Å². The standard InChI is InChI=1S/C76H106N4O41/c1-31(22-47-48(98-17)23-49(99-18)62(101-20)61(47)100-19)60(95)32(2)77-26-52-59(80-35(5)83)67(63(111-43(13)91)56(115-52)30-106-75(73(96)102-21)24-50(107-39(9)87)57(78-33(3)81)68(119-75)64(112-44(14)92)53(109-41(11)89)27-103-36(6)84)117-72-71(114-46(16)94)70-66(55(116-72)29-105-38(8)86)118-74(97)76(121-70)25-51(108-40(10)88)58(79-34(4)82)69(120-76)65(113-45(15)93)54(110-42(12)90)28-104-37(7)85/h23,31-32,50-59,63-72,77H,22,24-30H2,1-21H3,(H,78,81)(H,79,82)(H,80,83)/t31?,32-,50-,51+,52+,53-,54-,55?,56?,57-,58-,59?,63+,64-,65-,66+,67-,68?,69?,70+,71?,72+,75-,76+/m1/s1. The van der Waals surface area contributed by atoms with E-state index < -0.39 is 293 Å². The fourth-order valence-electron chi connectivity index (χ4n) is 14.7. The lowest BCUT2D eigenvalue weighted by molar-refractivity contribution is -0.401. The molecule has 0 saturated carbocycles. The van der Waals surface area contributed by atoms with Gasteiger partial charge in [0.1, 0.15) is 74.4 Å². The fourth-order valence-corrected chi connectivity index (χ4v) is 14.7. The summed E-state index contributed by atoms with van der Waals surface area (Å²) in [6.07, 6.45) is -36.3. The Hall–Kier alpha value is -10.7. The van der Waals surface area contributed by atoms with E-state index in [0.717, 1.165) is 104 Å². The third kappa shape index (κ3) is 26.4. The van der Waals surface area contributed by atoms with Gasteiger partial charge >= 0.3 is 77.6 Å². The predicted octanol–water partition coefficient (Wildman–Crippen LogP) is -1.55. The number of hydrogen-bond donors (Lipinski definition) is 4. The van der Waals surface area contributed by atoms with Gasteiger partial charge in [-0.2, -0.15) is 0 Å². The molecule has 676 valence electrons. The van der Waals surface area contributed by atoms with E-state index in [-0.39, 0.29) is 29.4 Å². The van der Waals surface area contributed by atoms with E-state index in [1.165, 1.54) is 41.4 Å². The summed E-state index contributed by atoms with van der Waals surface area (Å²) in [5.74, 6) is -24.3. The SMILES string of the molecule is COC(=O)[C@@]1(OCC2O[C@@H](CN[C@H](C)C(=O)C(C)Cc3c(OC)cc(OC)c(OC)c3OC)C(NC(C)=O)[C@@H](O[C@@H]3OC(COC(C)=O)[C@@H]4OC(=O)[C@]5(C[C@H](OC(C)=O)[C@@H](NC(C)=O)C([C@H](OC(C)=O)[C@@H](COC(C)=O)OC(C)=O)O5)O[C@@H]4C3OC(C)=O)[C@H]2OC(C)=O)C[C@@H](OC(C)=O)[C@@H](NC(C)=O)C([C@H](OC(C)=O)[C@@H](COC(C)=O)OC(C)=O)O1. The van der Waals surface area contributed by atoms with Gasteiger partial charge in [0, 0.05) is 121 Å². The van der Waals surface area contributed by atoms with Gasteiger partial charge in [0.05, 0.1) is 85.3 Å². The number of fused-ring (bicyclic) bond motifs is 1. The minimum atomic E-state index is -3.08. The Labute approximate surface area is 694 Å². The van der Waals surface area contributed by atoms with E-state index in [1.807, 2.05) is 0 Å². The van der Waals surface area contributed by atoms with Gasteiger partial charge in [0.25, 0.3) is 11.6 Å². The number of amides is 3. The molecule has 1 aromatic rings. The summed E-state index contributed by atoms with van der Waals surface area (Å²) in [6, 6.07) is -4.95. The lowest BCUT2D eigenvalue weighted by Crippen LogP contribution is -2.75. The van der Waals surface area contributed by atoms with Gasteiger partial charge in [-0.25, -0.2) is 9.59 Å². The maximum absolute atomic E-state index is 15.3. The molecule has 0 aliphatic carbocycles. The van der Waals surface area contributed by atoms with Crippen LogP contribution in [0, 0.1) is 5.92 Å². The lowest BCUT2D eigenvalue weighted by Gasteiger charge is -2.55. The molecule has 6 rings (SSSR count). The maximum Gasteiger partial charge on any atom is 0.367 e. The number of benzene rings is 1. The Morgan fingerprint density at radius 3 is 1.40 bits per heavy atom. The van der Waals surface area contributed by atoms with Crippen LogP contribution < -0.4 is 40.2 Å². The lowest BCUT2D eigenvalue weighted by atomic mass is 9.86. The summed E-state index contributed by atoms with van der Waals surface area (Å²) in [5.41, 5.74) is 0.380. The van der Waals surface area contributed by atoms with Crippen LogP contribution in [0.5, 0.6) is 23.0 Å². The smallest absolute Gasteiger partial charge is 0.367 e. The van der Waals surface area contributed by atoms with E-state index in [1.54, 1.807) is 6.92 Å². The predicted molar refractivity (Wildman–Crippen MR) is 394 cm³/mol. The summed E-state index contributed by atoms with van der Waals surface area (Å²) in [6.45, 7) is 11.8. The molecule has 121 heavy (non-hydrogen) atoms. The van der Waals surface area contributed by atoms with Crippen molar-refractivity contribution in [3.8, 4) is 23.0 Å². The van der Waals surface area contributed by atoms with Crippen molar-refractivity contribution in [3.63, 3.8) is 0 Å². The summed E-state index contributed by atoms with van der Waals surface area (Å²) >= 11 is 0. The molecule has 0 aromatic heterocycles. The quantitative estimate of drug-likeness (QED) is 0.0430. The zero-order chi connectivity index (χ0) is 90.6. The van der Waals surface area contributed by atoms with E-state index >= 15 is 9.59 Å². The van der Waals surface area contributed by atoms with Gasteiger partial charge < -0.3 is 135 Å². The topological polar surface area (TPSA) is 560 Å². The molecule has 3 amide bonds. The van der Waals surface area contributed by atoms with E-state index in [0.29, 0.717) is 5.56 Å². The summed E-state index contributed by atoms with van der Waals surface area (Å²) in [4.78, 5) is 230. The highest BCUT2D eigenvalue weighted by Gasteiger charge is 2.68. The minimum absolute atomic E-state index is 0.0618. The molecule has 1 aromatic carbocycles. The number of carbonyl (C=O) groups is 17. The maximum atomic E-state index is 15.3. The van der Waals surface area contributed by atoms with Gasteiger partial charge in [-0.15, -0.1) is 0 Å². The second-order valence-electron chi connectivity index (χ2n) is 28.6. The van der Waals surface area contributed by atoms with Gasteiger partial charge in [-0.3, -0.25) is 71.9 Å². The van der Waals surface area contributed by atoms with Crippen LogP contribution in [0.3, 0.4) is 0 Å². The average molecular weight is 1730 g/mol. The van der Waals surface area contributed by atoms with Crippen molar-refractivity contribution in [3.05, 3.63) is 11.6 Å². The Morgan fingerprint density at radius 2 is 0.950 bits per heavy atom. The number of ether oxygens (including phenoxy) is 24. The number of ketones is 1. The van der Waals surface area contributed by atoms with Crippen LogP contribution >= 0.6 is 0 Å². The zero-order valence-corrected chi connectivity index (χ0v) is 70.7. The Morgan fingerprint density at radius 1 is 0.471 bits per heavy atom. The highest BCUT2D eigenvalue weighted by Crippen LogP contribution is 2.48. The minimum Gasteiger partial charge on any atom is -0.496 e. The molecule has 5 fully saturated rings. The molecule has 45 heteroatoms. The van der Waals surface area contributed by atoms with E-state index in [9.17, 15) is 71.9 Å². The third-order valence-corrected chi connectivity index (χ3v) is 19.1. The van der Waals surface area contributed by atoms with Crippen molar-refractivity contribution < 1.29 is 195 Å². The fraction of sp³-hybridized carbons (Fsp3) is 0.697. The molecule has 7 unspecified atom stereocenters. The summed E-state index contributed by atoms with van der Waals surface area (Å²) < 4.78 is 143. The number of esters is 13. The van der Waals surface area contributed by atoms with Crippen LogP contribution in [0.2, 0.25) is 0 Å². The van der Waals surface area contributed by atoms with Crippen molar-refractivity contribution in [1.29, 1.82) is 0 Å². The Balaban J connectivity index is 1.64. The van der Waals surface area contributed by atoms with Crippen molar-refractivity contribution >= 4 is 101 Å². The molecular formula is C76H106N4O41. The molecule has 0 bridgehead atoms. The van der Waals surface area contributed by atoms with Crippen LogP contribution in [0.15, 0.2) is 6.07 Å². The summed E-state index contributed by atoms with van der Waals surface area (Å²) in [7, 11) is 6.35. The molecule has 24 atom stereocenters. The van der Waals surface area contributed by atoms with Gasteiger partial charge in [0.15, 0.2) is 66.3 Å². The number of methoxy groups -OCH3 is 5. The monoisotopic (exact) mass is 1730 g/mol. The second kappa shape index (κ2) is 44.2. The van der Waals surface area contributed by atoms with Crippen LogP contribution in [-0.4, -0.2) is 309 Å². The van der Waals surface area contributed by atoms with Gasteiger partial charge in [0.2, 0.25) is 23.5 Å². The molecule has 45 nitrogen and oxygen atoms in total. The molecule has 5 heterocycles. The normalized spacial score (nSPS) is 28.1. The van der Waals surface area contributed by atoms with Crippen molar-refractivity contribution in [2.75, 3.05) is 68.5 Å². The highest BCUT2D eigenvalue weighted by atomic mass is 16.8. The van der Waals surface area contributed by atoms with Crippen molar-refractivity contribution in [2.45, 2.75) is 270 Å². The molecule has 5 aliphatic rings. The number of nitrogens with one attached hydrogen (secondary N) is 4. The zero-order valence-electron chi connectivity index (χ0n) is 70.7. The summed E-state index contributed by atoms with van der Waals surface area (Å²) in [5, 5.41) is 10.9. The Kier molecular flexibility index (Phi) is 36.2. The molecule has 5 saturated heterocycles. The van der Waals surface area contributed by atoms with Crippen molar-refractivity contribution in [1.82, 2.24) is 21.3 Å². The van der Waals surface area contributed by atoms with Crippen LogP contribution in [0.4, 0.5) is 0 Å². The molecule has 5 aliphatic heterocycles. The molecule has 1 spiro atoms. The Bertz CT molecular complexity index is 3970. The number of hydrogen-bond acceptors (Lipinski definition) is 42. The largest absolute Gasteiger partial charge is 0.496 e. The highest BCUT2D eigenvalue weighted by molar-refractivity contribution is 5.86. The first-order valence-electron chi connectivity index (χ1n) is 37.9. The third-order valence-electron chi connectivity index (χ3n) is 19.1. The first-order valence-corrected chi connectivity index (χ1v) is 37.9. The van der Waals surface area contributed by atoms with Crippen LogP contribution in [0.1, 0.15) is 129 Å². The molecular weight excluding hydrogens is 1620 g/mol. The van der Waals surface area contributed by atoms with E-state index in [2.05, 4.69) is 21.3 Å². The number of carbonyl (C=O) groups excluding carboxylic acids is 17. The van der Waals surface area contributed by atoms with Crippen molar-refractivity contribution in [2.24, 2.45) is 5.92 Å². The average Bonchev–Trinajstić information content (AvgIpc) is 0.722. The second-order valence-corrected chi connectivity index (χ2v) is 28.6. The first-order chi connectivity index (χ1) is 56.8. The number of rotatable bonds is 38. The van der Waals surface area contributed by atoms with Crippen LogP contribution in [0.25, 0.3) is 0 Å². The number of Topliss-reactive ketones (excluding diaryl/α,β-unsaturated/α-hetero) is 1. The first kappa shape index (κ1) is 99.1. The molecule has 4 N–H and O–H groups in total. The molecule has 0 radical (unpaired) electrons.